The zero-order chi connectivity index (χ0) is 14.5. The molecule has 1 unspecified atom stereocenters. The van der Waals surface area contributed by atoms with E-state index >= 15 is 0 Å². The predicted octanol–water partition coefficient (Wildman–Crippen LogP) is 1.91. The molecule has 0 saturated heterocycles. The maximum Gasteiger partial charge on any atom is 0.0378 e. The molecule has 0 fully saturated rings. The van der Waals surface area contributed by atoms with E-state index in [1.807, 2.05) is 19.3 Å². The predicted molar refractivity (Wildman–Crippen MR) is 82.2 cm³/mol. The van der Waals surface area contributed by atoms with Crippen LogP contribution in [0.5, 0.6) is 0 Å². The molecule has 1 atom stereocenters. The Bertz CT molecular complexity index is 385. The lowest BCUT2D eigenvalue weighted by atomic mass is 9.87. The summed E-state index contributed by atoms with van der Waals surface area (Å²) in [5, 5.41) is 3.44. The van der Waals surface area contributed by atoms with Crippen LogP contribution in [0, 0.1) is 0 Å². The fourth-order valence-corrected chi connectivity index (χ4v) is 2.79. The van der Waals surface area contributed by atoms with Gasteiger partial charge in [0.1, 0.15) is 0 Å². The average Bonchev–Trinajstić information content (AvgIpc) is 2.38. The Kier molecular flexibility index (Phi) is 5.76. The fourth-order valence-electron chi connectivity index (χ4n) is 2.79. The van der Waals surface area contributed by atoms with E-state index < -0.39 is 0 Å². The molecule has 108 valence electrons. The lowest BCUT2D eigenvalue weighted by Gasteiger charge is -2.43. The van der Waals surface area contributed by atoms with Gasteiger partial charge in [0.25, 0.3) is 0 Å². The second-order valence-corrected chi connectivity index (χ2v) is 5.45. The lowest BCUT2D eigenvalue weighted by molar-refractivity contribution is 0.0944. The molecule has 0 bridgehead atoms. The van der Waals surface area contributed by atoms with Gasteiger partial charge >= 0.3 is 0 Å². The highest BCUT2D eigenvalue weighted by Crippen LogP contribution is 2.23. The minimum atomic E-state index is 0.0700. The van der Waals surface area contributed by atoms with Crippen LogP contribution >= 0.6 is 0 Å². The normalized spacial score (nSPS) is 13.8. The maximum atomic E-state index is 6.03. The van der Waals surface area contributed by atoms with Crippen molar-refractivity contribution in [1.29, 1.82) is 0 Å². The Hall–Kier alpha value is -1.13. The van der Waals surface area contributed by atoms with Crippen LogP contribution in [-0.4, -0.2) is 41.6 Å². The van der Waals surface area contributed by atoms with Gasteiger partial charge in [-0.1, -0.05) is 13.8 Å². The second kappa shape index (κ2) is 6.87. The number of rotatable bonds is 7. The fraction of sp³-hybridized carbons (Fsp3) is 0.667. The van der Waals surface area contributed by atoms with Gasteiger partial charge in [0.05, 0.1) is 0 Å². The largest absolute Gasteiger partial charge is 0.398 e. The number of aromatic nitrogens is 1. The quantitative estimate of drug-likeness (QED) is 0.790. The summed E-state index contributed by atoms with van der Waals surface area (Å²) in [6.07, 6.45) is 4.50. The molecule has 0 amide bonds. The number of hydrogen-bond donors (Lipinski definition) is 2. The van der Waals surface area contributed by atoms with Crippen molar-refractivity contribution < 1.29 is 0 Å². The van der Waals surface area contributed by atoms with E-state index in [9.17, 15) is 0 Å². The zero-order valence-electron chi connectivity index (χ0n) is 12.9. The summed E-state index contributed by atoms with van der Waals surface area (Å²) < 4.78 is 0. The van der Waals surface area contributed by atoms with Crippen LogP contribution in [0.25, 0.3) is 0 Å². The highest BCUT2D eigenvalue weighted by Gasteiger charge is 2.33. The summed E-state index contributed by atoms with van der Waals surface area (Å²) in [4.78, 5) is 6.65. The molecule has 0 radical (unpaired) electrons. The lowest BCUT2D eigenvalue weighted by Crippen LogP contribution is -2.57. The smallest absolute Gasteiger partial charge is 0.0378 e. The van der Waals surface area contributed by atoms with Gasteiger partial charge in [-0.3, -0.25) is 9.88 Å². The molecule has 1 aromatic rings. The molecule has 19 heavy (non-hydrogen) atoms. The third-order valence-corrected chi connectivity index (χ3v) is 4.15. The van der Waals surface area contributed by atoms with Crippen molar-refractivity contribution in [2.75, 3.05) is 25.9 Å². The van der Waals surface area contributed by atoms with Crippen molar-refractivity contribution in [1.82, 2.24) is 15.2 Å². The highest BCUT2D eigenvalue weighted by atomic mass is 15.2. The van der Waals surface area contributed by atoms with Gasteiger partial charge < -0.3 is 11.1 Å². The number of nitrogens with one attached hydrogen (secondary N) is 1. The highest BCUT2D eigenvalue weighted by molar-refractivity contribution is 5.44. The first kappa shape index (κ1) is 15.9. The molecule has 0 aliphatic carbocycles. The minimum absolute atomic E-state index is 0.0700. The van der Waals surface area contributed by atoms with Gasteiger partial charge in [-0.2, -0.15) is 0 Å². The van der Waals surface area contributed by atoms with E-state index in [2.05, 4.69) is 42.9 Å². The number of hydrogen-bond acceptors (Lipinski definition) is 4. The average molecular weight is 264 g/mol. The number of nitrogens with two attached hydrogens (primary N) is 1. The SMILES string of the molecule is CCN(CC)C(C)(C)C(Cc1cnccc1N)NC. The minimum Gasteiger partial charge on any atom is -0.398 e. The summed E-state index contributed by atoms with van der Waals surface area (Å²) in [5.41, 5.74) is 8.03. The van der Waals surface area contributed by atoms with Crippen molar-refractivity contribution >= 4 is 5.69 Å². The topological polar surface area (TPSA) is 54.2 Å². The van der Waals surface area contributed by atoms with Gasteiger partial charge in [-0.15, -0.1) is 0 Å². The number of nitrogens with zero attached hydrogens (tertiary/aromatic N) is 2. The third-order valence-electron chi connectivity index (χ3n) is 4.15. The number of pyridine rings is 1. The summed E-state index contributed by atoms with van der Waals surface area (Å²) in [6.45, 7) is 11.1. The molecule has 4 heteroatoms. The Morgan fingerprint density at radius 2 is 2.00 bits per heavy atom. The first-order valence-corrected chi connectivity index (χ1v) is 7.08. The summed E-state index contributed by atoms with van der Waals surface area (Å²) in [7, 11) is 2.02. The second-order valence-electron chi connectivity index (χ2n) is 5.45. The van der Waals surface area contributed by atoms with E-state index in [1.165, 1.54) is 0 Å². The molecular formula is C15H28N4. The van der Waals surface area contributed by atoms with E-state index in [4.69, 9.17) is 5.73 Å². The molecule has 0 aromatic carbocycles. The van der Waals surface area contributed by atoms with Crippen molar-refractivity contribution in [2.45, 2.75) is 45.7 Å². The summed E-state index contributed by atoms with van der Waals surface area (Å²) in [5.74, 6) is 0. The van der Waals surface area contributed by atoms with E-state index in [0.717, 1.165) is 30.8 Å². The molecule has 0 aliphatic heterocycles. The summed E-state index contributed by atoms with van der Waals surface area (Å²) in [6, 6.07) is 2.20. The number of nitrogen functional groups attached to an aromatic ring is 1. The Morgan fingerprint density at radius 1 is 1.37 bits per heavy atom. The molecule has 3 N–H and O–H groups in total. The summed E-state index contributed by atoms with van der Waals surface area (Å²) >= 11 is 0. The van der Waals surface area contributed by atoms with Crippen LogP contribution in [0.15, 0.2) is 18.5 Å². The Morgan fingerprint density at radius 3 is 2.47 bits per heavy atom. The van der Waals surface area contributed by atoms with Gasteiger partial charge in [0, 0.05) is 29.7 Å². The molecule has 0 saturated carbocycles. The molecule has 1 aromatic heterocycles. The van der Waals surface area contributed by atoms with E-state index in [1.54, 1.807) is 6.20 Å². The molecule has 0 aliphatic rings. The third kappa shape index (κ3) is 3.67. The Balaban J connectivity index is 2.92. The standard InChI is InChI=1S/C15H28N4/c1-6-19(7-2)15(3,4)14(17-5)10-12-11-18-9-8-13(12)16/h8-9,11,14,17H,6-7,10H2,1-5H3,(H2,16,18). The maximum absolute atomic E-state index is 6.03. The first-order chi connectivity index (χ1) is 8.97. The number of likely N-dealkylation sites (N-methyl/N-ethyl adjacent to an activating group) is 2. The van der Waals surface area contributed by atoms with Crippen LogP contribution in [0.1, 0.15) is 33.3 Å². The van der Waals surface area contributed by atoms with E-state index in [-0.39, 0.29) is 5.54 Å². The van der Waals surface area contributed by atoms with Gasteiger partial charge in [0.15, 0.2) is 0 Å². The van der Waals surface area contributed by atoms with Crippen molar-refractivity contribution in [3.63, 3.8) is 0 Å². The van der Waals surface area contributed by atoms with Gasteiger partial charge in [0.2, 0.25) is 0 Å². The van der Waals surface area contributed by atoms with Crippen LogP contribution in [0.2, 0.25) is 0 Å². The van der Waals surface area contributed by atoms with Crippen LogP contribution in [0.3, 0.4) is 0 Å². The first-order valence-electron chi connectivity index (χ1n) is 7.08. The van der Waals surface area contributed by atoms with Crippen LogP contribution in [-0.2, 0) is 6.42 Å². The van der Waals surface area contributed by atoms with Crippen LogP contribution in [0.4, 0.5) is 5.69 Å². The number of anilines is 1. The van der Waals surface area contributed by atoms with Gasteiger partial charge in [-0.05, 0) is 52.0 Å². The van der Waals surface area contributed by atoms with Crippen molar-refractivity contribution in [3.8, 4) is 0 Å². The van der Waals surface area contributed by atoms with Crippen molar-refractivity contribution in [3.05, 3.63) is 24.0 Å². The van der Waals surface area contributed by atoms with E-state index in [0.29, 0.717) is 6.04 Å². The molecule has 1 rings (SSSR count). The zero-order valence-corrected chi connectivity index (χ0v) is 12.9. The Labute approximate surface area is 117 Å². The van der Waals surface area contributed by atoms with Crippen molar-refractivity contribution in [2.24, 2.45) is 0 Å². The molecule has 0 spiro atoms. The molecule has 4 nitrogen and oxygen atoms in total. The van der Waals surface area contributed by atoms with Gasteiger partial charge in [-0.25, -0.2) is 0 Å². The van der Waals surface area contributed by atoms with Crippen LogP contribution < -0.4 is 11.1 Å². The molecule has 1 heterocycles. The molecular weight excluding hydrogens is 236 g/mol. The monoisotopic (exact) mass is 264 g/mol.